The lowest BCUT2D eigenvalue weighted by Gasteiger charge is -2.37. The molecule has 2 saturated heterocycles. The number of hydrogen-bond acceptors (Lipinski definition) is 4. The second-order valence-electron chi connectivity index (χ2n) is 9.13. The van der Waals surface area contributed by atoms with Gasteiger partial charge >= 0.3 is 0 Å². The molecule has 1 N–H and O–H groups in total. The zero-order chi connectivity index (χ0) is 23.2. The van der Waals surface area contributed by atoms with Gasteiger partial charge in [0.25, 0.3) is 5.91 Å². The maximum atomic E-state index is 13.2. The molecule has 0 spiro atoms. The van der Waals surface area contributed by atoms with Crippen molar-refractivity contribution in [1.82, 2.24) is 20.1 Å². The van der Waals surface area contributed by atoms with Gasteiger partial charge in [-0.3, -0.25) is 19.4 Å². The number of nitrogens with zero attached hydrogens (tertiary/aromatic N) is 3. The Bertz CT molecular complexity index is 969. The van der Waals surface area contributed by atoms with Gasteiger partial charge in [0.2, 0.25) is 11.8 Å². The number of pyridine rings is 1. The van der Waals surface area contributed by atoms with E-state index in [4.69, 9.17) is 0 Å². The van der Waals surface area contributed by atoms with Crippen molar-refractivity contribution >= 4 is 17.7 Å². The molecule has 1 aromatic heterocycles. The van der Waals surface area contributed by atoms with Crippen molar-refractivity contribution in [3.63, 3.8) is 0 Å². The molecule has 2 fully saturated rings. The summed E-state index contributed by atoms with van der Waals surface area (Å²) in [6.45, 7) is 4.81. The normalized spacial score (nSPS) is 19.2. The van der Waals surface area contributed by atoms with E-state index in [1.165, 1.54) is 0 Å². The summed E-state index contributed by atoms with van der Waals surface area (Å²) in [7, 11) is 0. The Balaban J connectivity index is 1.26. The highest BCUT2D eigenvalue weighted by Gasteiger charge is 2.34. The highest BCUT2D eigenvalue weighted by molar-refractivity contribution is 5.94. The van der Waals surface area contributed by atoms with Crippen LogP contribution in [0.4, 0.5) is 0 Å². The Kier molecular flexibility index (Phi) is 7.37. The molecule has 2 aliphatic heterocycles. The number of aromatic nitrogens is 1. The first-order valence-electron chi connectivity index (χ1n) is 11.8. The van der Waals surface area contributed by atoms with Gasteiger partial charge in [-0.15, -0.1) is 0 Å². The number of hydrogen-bond donors (Lipinski definition) is 1. The van der Waals surface area contributed by atoms with E-state index in [2.05, 4.69) is 10.3 Å². The molecule has 174 valence electrons. The molecule has 3 heterocycles. The zero-order valence-electron chi connectivity index (χ0n) is 19.2. The summed E-state index contributed by atoms with van der Waals surface area (Å²) >= 11 is 0. The fraction of sp³-hybridized carbons (Fsp3) is 0.462. The van der Waals surface area contributed by atoms with Crippen LogP contribution < -0.4 is 5.32 Å². The summed E-state index contributed by atoms with van der Waals surface area (Å²) in [5, 5.41) is 2.99. The molecule has 33 heavy (non-hydrogen) atoms. The van der Waals surface area contributed by atoms with E-state index in [1.54, 1.807) is 12.4 Å². The fourth-order valence-electron chi connectivity index (χ4n) is 4.70. The number of piperidine rings is 2. The predicted molar refractivity (Wildman–Crippen MR) is 125 cm³/mol. The largest absolute Gasteiger partial charge is 0.352 e. The summed E-state index contributed by atoms with van der Waals surface area (Å²) in [6, 6.07) is 11.4. The van der Waals surface area contributed by atoms with Crippen molar-refractivity contribution < 1.29 is 14.4 Å². The lowest BCUT2D eigenvalue weighted by atomic mass is 9.92. The van der Waals surface area contributed by atoms with Crippen molar-refractivity contribution in [1.29, 1.82) is 0 Å². The lowest BCUT2D eigenvalue weighted by molar-refractivity contribution is -0.140. The molecule has 7 heteroatoms. The molecule has 1 unspecified atom stereocenters. The number of carbonyl (C=O) groups is 3. The lowest BCUT2D eigenvalue weighted by Crippen LogP contribution is -2.49. The summed E-state index contributed by atoms with van der Waals surface area (Å²) in [6.07, 6.45) is 6.44. The molecule has 0 bridgehead atoms. The number of carbonyl (C=O) groups excluding carboxylic acids is 3. The maximum absolute atomic E-state index is 13.2. The summed E-state index contributed by atoms with van der Waals surface area (Å²) in [5.74, 6) is -0.0820. The molecule has 7 nitrogen and oxygen atoms in total. The molecule has 0 aliphatic carbocycles. The van der Waals surface area contributed by atoms with Crippen LogP contribution in [-0.2, 0) is 16.1 Å². The smallest absolute Gasteiger partial charge is 0.253 e. The van der Waals surface area contributed by atoms with Crippen molar-refractivity contribution in [2.24, 2.45) is 11.8 Å². The van der Waals surface area contributed by atoms with Gasteiger partial charge < -0.3 is 15.1 Å². The second kappa shape index (κ2) is 10.6. The molecule has 2 aromatic rings. The van der Waals surface area contributed by atoms with Crippen LogP contribution in [-0.4, -0.2) is 58.7 Å². The van der Waals surface area contributed by atoms with Crippen molar-refractivity contribution in [2.75, 3.05) is 26.2 Å². The van der Waals surface area contributed by atoms with Gasteiger partial charge in [-0.25, -0.2) is 0 Å². The number of amides is 3. The molecule has 3 amide bonds. The highest BCUT2D eigenvalue weighted by Crippen LogP contribution is 2.24. The number of rotatable bonds is 5. The number of aryl methyl sites for hydroxylation is 1. The van der Waals surface area contributed by atoms with Crippen molar-refractivity contribution in [3.05, 3.63) is 65.5 Å². The summed E-state index contributed by atoms with van der Waals surface area (Å²) in [5.41, 5.74) is 2.76. The van der Waals surface area contributed by atoms with Gasteiger partial charge in [0, 0.05) is 56.6 Å². The first-order valence-corrected chi connectivity index (χ1v) is 11.8. The minimum Gasteiger partial charge on any atom is -0.352 e. The minimum absolute atomic E-state index is 0.00325. The van der Waals surface area contributed by atoms with Crippen molar-refractivity contribution in [2.45, 2.75) is 39.2 Å². The van der Waals surface area contributed by atoms with Crippen LogP contribution in [0.25, 0.3) is 0 Å². The molecule has 4 rings (SSSR count). The third kappa shape index (κ3) is 5.78. The van der Waals surface area contributed by atoms with Crippen LogP contribution >= 0.6 is 0 Å². The molecule has 0 saturated carbocycles. The van der Waals surface area contributed by atoms with Gasteiger partial charge in [0.05, 0.1) is 5.92 Å². The van der Waals surface area contributed by atoms with Crippen LogP contribution in [0.3, 0.4) is 0 Å². The first-order chi connectivity index (χ1) is 16.0. The Morgan fingerprint density at radius 2 is 1.73 bits per heavy atom. The first kappa shape index (κ1) is 23.0. The topological polar surface area (TPSA) is 82.6 Å². The van der Waals surface area contributed by atoms with Gasteiger partial charge in [-0.1, -0.05) is 23.8 Å². The SMILES string of the molecule is Cc1ccc(C(=O)N2CCCC(C(=O)N3CCC(C(=O)NCc4cccnc4)CC3)C2)cc1. The standard InChI is InChI=1S/C26H32N4O3/c1-19-6-8-22(9-7-19)25(32)30-13-3-5-23(18-30)26(33)29-14-10-21(11-15-29)24(31)28-17-20-4-2-12-27-16-20/h2,4,6-9,12,16,21,23H,3,5,10-11,13-15,17-18H2,1H3,(H,28,31). The third-order valence-corrected chi connectivity index (χ3v) is 6.72. The summed E-state index contributed by atoms with van der Waals surface area (Å²) < 4.78 is 0. The number of likely N-dealkylation sites (tertiary alicyclic amines) is 2. The second-order valence-corrected chi connectivity index (χ2v) is 9.13. The number of nitrogens with one attached hydrogen (secondary N) is 1. The molecule has 1 aromatic carbocycles. The predicted octanol–water partition coefficient (Wildman–Crippen LogP) is 2.80. The highest BCUT2D eigenvalue weighted by atomic mass is 16.2. The van der Waals surface area contributed by atoms with E-state index in [0.717, 1.165) is 24.0 Å². The van der Waals surface area contributed by atoms with Crippen molar-refractivity contribution in [3.8, 4) is 0 Å². The molecular weight excluding hydrogens is 416 g/mol. The maximum Gasteiger partial charge on any atom is 0.253 e. The van der Waals surface area contributed by atoms with Gasteiger partial charge in [0.15, 0.2) is 0 Å². The van der Waals surface area contributed by atoms with E-state index in [1.807, 2.05) is 53.1 Å². The van der Waals surface area contributed by atoms with E-state index in [9.17, 15) is 14.4 Å². The fourth-order valence-corrected chi connectivity index (χ4v) is 4.70. The van der Waals surface area contributed by atoms with E-state index in [-0.39, 0.29) is 29.6 Å². The molecule has 0 radical (unpaired) electrons. The van der Waals surface area contributed by atoms with Gasteiger partial charge in [0.1, 0.15) is 0 Å². The minimum atomic E-state index is -0.163. The Labute approximate surface area is 195 Å². The van der Waals surface area contributed by atoms with E-state index < -0.39 is 0 Å². The van der Waals surface area contributed by atoms with Gasteiger partial charge in [-0.2, -0.15) is 0 Å². The molecule has 1 atom stereocenters. The zero-order valence-corrected chi connectivity index (χ0v) is 19.2. The van der Waals surface area contributed by atoms with Crippen LogP contribution in [0.2, 0.25) is 0 Å². The number of benzene rings is 1. The third-order valence-electron chi connectivity index (χ3n) is 6.72. The Morgan fingerprint density at radius 3 is 2.42 bits per heavy atom. The van der Waals surface area contributed by atoms with Gasteiger partial charge in [-0.05, 0) is 56.4 Å². The monoisotopic (exact) mass is 448 g/mol. The molecular formula is C26H32N4O3. The average molecular weight is 449 g/mol. The summed E-state index contributed by atoms with van der Waals surface area (Å²) in [4.78, 5) is 46.4. The average Bonchev–Trinajstić information content (AvgIpc) is 2.87. The van der Waals surface area contributed by atoms with Crippen LogP contribution in [0, 0.1) is 18.8 Å². The van der Waals surface area contributed by atoms with Crippen LogP contribution in [0.15, 0.2) is 48.8 Å². The van der Waals surface area contributed by atoms with E-state index >= 15 is 0 Å². The molecule has 2 aliphatic rings. The van der Waals surface area contributed by atoms with Crippen LogP contribution in [0.5, 0.6) is 0 Å². The quantitative estimate of drug-likeness (QED) is 0.763. The Hall–Kier alpha value is -3.22. The van der Waals surface area contributed by atoms with Crippen LogP contribution in [0.1, 0.15) is 47.2 Å². The Morgan fingerprint density at radius 1 is 0.970 bits per heavy atom. The van der Waals surface area contributed by atoms with E-state index in [0.29, 0.717) is 51.1 Å².